The highest BCUT2D eigenvalue weighted by atomic mass is 35.5. The second kappa shape index (κ2) is 11.3. The standard InChI is InChI=1S/C25H20ClN5O3S/c26-19-8-10-20(11-9-19)29-25-30-22(15-35-25)17-4-6-18(7-5-17)24(33)31-28-13-16-2-1-3-21(12-16)34-14-23(27)32/h1-13,15H,14H2,(H2,27,32)(H,29,30)(H,31,33)/b28-13-. The second-order valence-corrected chi connectivity index (χ2v) is 8.57. The largest absolute Gasteiger partial charge is 0.484 e. The number of anilines is 2. The van der Waals surface area contributed by atoms with Gasteiger partial charge in [0, 0.05) is 27.2 Å². The number of aromatic nitrogens is 1. The summed E-state index contributed by atoms with van der Waals surface area (Å²) in [7, 11) is 0. The summed E-state index contributed by atoms with van der Waals surface area (Å²) in [5, 5.41) is 10.6. The van der Waals surface area contributed by atoms with E-state index >= 15 is 0 Å². The van der Waals surface area contributed by atoms with Gasteiger partial charge in [-0.3, -0.25) is 9.59 Å². The van der Waals surface area contributed by atoms with E-state index < -0.39 is 5.91 Å². The Hall–Kier alpha value is -4.21. The van der Waals surface area contributed by atoms with Crippen LogP contribution in [-0.4, -0.2) is 29.6 Å². The van der Waals surface area contributed by atoms with Gasteiger partial charge in [0.1, 0.15) is 5.75 Å². The molecule has 1 heterocycles. The number of rotatable bonds is 9. The summed E-state index contributed by atoms with van der Waals surface area (Å²) < 4.78 is 5.25. The van der Waals surface area contributed by atoms with Gasteiger partial charge in [-0.2, -0.15) is 5.10 Å². The number of thiazole rings is 1. The minimum absolute atomic E-state index is 0.214. The molecule has 0 radical (unpaired) electrons. The van der Waals surface area contributed by atoms with Gasteiger partial charge in [-0.05, 0) is 54.1 Å². The molecule has 3 aromatic carbocycles. The number of hydrogen-bond donors (Lipinski definition) is 3. The maximum atomic E-state index is 12.4. The van der Waals surface area contributed by atoms with E-state index in [1.807, 2.05) is 41.8 Å². The predicted molar refractivity (Wildman–Crippen MR) is 138 cm³/mol. The number of nitrogens with one attached hydrogen (secondary N) is 2. The molecular formula is C25H20ClN5O3S. The number of nitrogens with zero attached hydrogens (tertiary/aromatic N) is 2. The Labute approximate surface area is 210 Å². The molecule has 0 aliphatic rings. The molecule has 0 atom stereocenters. The van der Waals surface area contributed by atoms with Crippen molar-refractivity contribution in [2.45, 2.75) is 0 Å². The van der Waals surface area contributed by atoms with E-state index in [9.17, 15) is 9.59 Å². The minimum atomic E-state index is -0.563. The molecule has 4 aromatic rings. The van der Waals surface area contributed by atoms with Crippen molar-refractivity contribution in [3.63, 3.8) is 0 Å². The first-order valence-electron chi connectivity index (χ1n) is 10.4. The number of amides is 2. The van der Waals surface area contributed by atoms with Crippen LogP contribution in [0.2, 0.25) is 5.02 Å². The van der Waals surface area contributed by atoms with Crippen LogP contribution in [-0.2, 0) is 4.79 Å². The van der Waals surface area contributed by atoms with E-state index in [1.165, 1.54) is 17.6 Å². The Bertz CT molecular complexity index is 1350. The van der Waals surface area contributed by atoms with Gasteiger partial charge in [0.15, 0.2) is 11.7 Å². The topological polar surface area (TPSA) is 119 Å². The minimum Gasteiger partial charge on any atom is -0.484 e. The van der Waals surface area contributed by atoms with E-state index in [4.69, 9.17) is 22.1 Å². The van der Waals surface area contributed by atoms with Crippen molar-refractivity contribution < 1.29 is 14.3 Å². The average Bonchev–Trinajstić information content (AvgIpc) is 3.33. The molecule has 4 N–H and O–H groups in total. The third-order valence-corrected chi connectivity index (χ3v) is 5.67. The molecule has 0 bridgehead atoms. The molecule has 0 saturated heterocycles. The average molecular weight is 506 g/mol. The highest BCUT2D eigenvalue weighted by Crippen LogP contribution is 2.27. The fourth-order valence-electron chi connectivity index (χ4n) is 2.98. The van der Waals surface area contributed by atoms with Crippen molar-refractivity contribution in [1.82, 2.24) is 10.4 Å². The highest BCUT2D eigenvalue weighted by Gasteiger charge is 2.08. The van der Waals surface area contributed by atoms with Crippen LogP contribution in [0.15, 0.2) is 83.3 Å². The molecule has 1 aromatic heterocycles. The van der Waals surface area contributed by atoms with Crippen molar-refractivity contribution in [2.24, 2.45) is 10.8 Å². The van der Waals surface area contributed by atoms with Crippen LogP contribution in [0, 0.1) is 0 Å². The number of carbonyl (C=O) groups is 2. The first kappa shape index (κ1) is 23.9. The normalized spacial score (nSPS) is 10.8. The third kappa shape index (κ3) is 6.89. The third-order valence-electron chi connectivity index (χ3n) is 4.66. The molecule has 2 amide bonds. The molecule has 8 nitrogen and oxygen atoms in total. The number of benzene rings is 3. The fraction of sp³-hybridized carbons (Fsp3) is 0.0400. The van der Waals surface area contributed by atoms with Gasteiger partial charge in [0.2, 0.25) is 0 Å². The zero-order chi connectivity index (χ0) is 24.6. The first-order chi connectivity index (χ1) is 17.0. The maximum absolute atomic E-state index is 12.4. The van der Waals surface area contributed by atoms with Gasteiger partial charge in [-0.25, -0.2) is 10.4 Å². The van der Waals surface area contributed by atoms with Gasteiger partial charge in [-0.15, -0.1) is 11.3 Å². The zero-order valence-electron chi connectivity index (χ0n) is 18.3. The summed E-state index contributed by atoms with van der Waals surface area (Å²) in [5.74, 6) is -0.437. The smallest absolute Gasteiger partial charge is 0.271 e. The molecule has 0 saturated carbocycles. The van der Waals surface area contributed by atoms with Gasteiger partial charge in [-0.1, -0.05) is 35.9 Å². The molecule has 176 valence electrons. The summed E-state index contributed by atoms with van der Waals surface area (Å²) in [6.07, 6.45) is 1.48. The number of hydrogen-bond acceptors (Lipinski definition) is 7. The van der Waals surface area contributed by atoms with Gasteiger partial charge >= 0.3 is 0 Å². The van der Waals surface area contributed by atoms with Crippen LogP contribution < -0.4 is 21.2 Å². The van der Waals surface area contributed by atoms with Gasteiger partial charge in [0.05, 0.1) is 11.9 Å². The lowest BCUT2D eigenvalue weighted by Gasteiger charge is -2.04. The van der Waals surface area contributed by atoms with Crippen LogP contribution in [0.4, 0.5) is 10.8 Å². The van der Waals surface area contributed by atoms with E-state index in [2.05, 4.69) is 20.8 Å². The fourth-order valence-corrected chi connectivity index (χ4v) is 3.85. The molecule has 0 unspecified atom stereocenters. The van der Waals surface area contributed by atoms with Crippen LogP contribution in [0.5, 0.6) is 5.75 Å². The number of ether oxygens (including phenoxy) is 1. The number of carbonyl (C=O) groups excluding carboxylic acids is 2. The summed E-state index contributed by atoms with van der Waals surface area (Å²) >= 11 is 7.40. The SMILES string of the molecule is NC(=O)COc1cccc(/C=N\NC(=O)c2ccc(-c3csc(Nc4ccc(Cl)cc4)n3)cc2)c1. The first-order valence-corrected chi connectivity index (χ1v) is 11.7. The molecule has 10 heteroatoms. The van der Waals surface area contributed by atoms with E-state index in [0.717, 1.165) is 22.1 Å². The molecule has 0 fully saturated rings. The van der Waals surface area contributed by atoms with E-state index in [1.54, 1.807) is 36.4 Å². The lowest BCUT2D eigenvalue weighted by atomic mass is 10.1. The van der Waals surface area contributed by atoms with Crippen LogP contribution >= 0.6 is 22.9 Å². The summed E-state index contributed by atoms with van der Waals surface area (Å²) in [4.78, 5) is 27.9. The van der Waals surface area contributed by atoms with E-state index in [0.29, 0.717) is 21.9 Å². The Morgan fingerprint density at radius 3 is 2.60 bits per heavy atom. The van der Waals surface area contributed by atoms with Crippen molar-refractivity contribution in [3.8, 4) is 17.0 Å². The van der Waals surface area contributed by atoms with Crippen molar-refractivity contribution >= 4 is 51.8 Å². The van der Waals surface area contributed by atoms with Crippen molar-refractivity contribution in [3.05, 3.63) is 94.3 Å². The molecular weight excluding hydrogens is 486 g/mol. The Kier molecular flexibility index (Phi) is 7.71. The molecule has 0 spiro atoms. The van der Waals surface area contributed by atoms with Gasteiger partial charge < -0.3 is 15.8 Å². The van der Waals surface area contributed by atoms with Crippen molar-refractivity contribution in [1.29, 1.82) is 0 Å². The number of primary amides is 1. The Balaban J connectivity index is 1.34. The number of nitrogens with two attached hydrogens (primary N) is 1. The Morgan fingerprint density at radius 2 is 1.86 bits per heavy atom. The maximum Gasteiger partial charge on any atom is 0.271 e. The lowest BCUT2D eigenvalue weighted by Crippen LogP contribution is -2.20. The summed E-state index contributed by atoms with van der Waals surface area (Å²) in [6.45, 7) is -0.214. The van der Waals surface area contributed by atoms with E-state index in [-0.39, 0.29) is 12.5 Å². The van der Waals surface area contributed by atoms with Crippen LogP contribution in [0.3, 0.4) is 0 Å². The second-order valence-electron chi connectivity index (χ2n) is 7.27. The molecule has 35 heavy (non-hydrogen) atoms. The quantitative estimate of drug-likeness (QED) is 0.222. The zero-order valence-corrected chi connectivity index (χ0v) is 19.8. The monoisotopic (exact) mass is 505 g/mol. The lowest BCUT2D eigenvalue weighted by molar-refractivity contribution is -0.119. The Morgan fingerprint density at radius 1 is 1.09 bits per heavy atom. The summed E-state index contributed by atoms with van der Waals surface area (Å²) in [6, 6.07) is 21.4. The van der Waals surface area contributed by atoms with Crippen molar-refractivity contribution in [2.75, 3.05) is 11.9 Å². The molecule has 0 aliphatic heterocycles. The summed E-state index contributed by atoms with van der Waals surface area (Å²) in [5.41, 5.74) is 11.3. The molecule has 0 aliphatic carbocycles. The number of halogens is 1. The highest BCUT2D eigenvalue weighted by molar-refractivity contribution is 7.14. The van der Waals surface area contributed by atoms with Crippen LogP contribution in [0.25, 0.3) is 11.3 Å². The van der Waals surface area contributed by atoms with Crippen LogP contribution in [0.1, 0.15) is 15.9 Å². The number of hydrazone groups is 1. The van der Waals surface area contributed by atoms with Gasteiger partial charge in [0.25, 0.3) is 11.8 Å². The molecule has 4 rings (SSSR count). The predicted octanol–water partition coefficient (Wildman–Crippen LogP) is 4.84.